The highest BCUT2D eigenvalue weighted by Crippen LogP contribution is 2.21. The van der Waals surface area contributed by atoms with Crippen molar-refractivity contribution < 1.29 is 12.8 Å². The van der Waals surface area contributed by atoms with E-state index in [0.717, 1.165) is 24.2 Å². The predicted octanol–water partition coefficient (Wildman–Crippen LogP) is 2.16. The summed E-state index contributed by atoms with van der Waals surface area (Å²) >= 11 is 0. The van der Waals surface area contributed by atoms with Gasteiger partial charge in [-0.15, -0.1) is 0 Å². The van der Waals surface area contributed by atoms with Crippen LogP contribution in [0.5, 0.6) is 0 Å². The van der Waals surface area contributed by atoms with E-state index in [-0.39, 0.29) is 16.3 Å². The van der Waals surface area contributed by atoms with Crippen LogP contribution in [0, 0.1) is 5.82 Å². The van der Waals surface area contributed by atoms with Crippen LogP contribution >= 0.6 is 0 Å². The highest BCUT2D eigenvalue weighted by Gasteiger charge is 2.20. The zero-order valence-corrected chi connectivity index (χ0v) is 12.8. The maximum Gasteiger partial charge on any atom is 0.184 e. The third-order valence-corrected chi connectivity index (χ3v) is 4.80. The van der Waals surface area contributed by atoms with E-state index < -0.39 is 15.7 Å². The SMILES string of the molecule is CCc1cc(CS(=O)(=O)c2cc(N)cc(F)c2)n(CC)n1. The molecule has 1 aromatic carbocycles. The number of nitrogens with zero attached hydrogens (tertiary/aromatic N) is 2. The van der Waals surface area contributed by atoms with E-state index in [1.807, 2.05) is 13.8 Å². The first-order valence-electron chi connectivity index (χ1n) is 6.70. The van der Waals surface area contributed by atoms with Crippen LogP contribution in [-0.2, 0) is 28.6 Å². The fourth-order valence-electron chi connectivity index (χ4n) is 2.12. The first-order valence-corrected chi connectivity index (χ1v) is 8.35. The standard InChI is InChI=1S/C14H18FN3O2S/c1-3-12-8-13(18(4-2)17-12)9-21(19,20)14-6-10(15)5-11(16)7-14/h5-8H,3-4,9,16H2,1-2H3. The van der Waals surface area contributed by atoms with Crippen molar-refractivity contribution in [1.29, 1.82) is 0 Å². The molecule has 0 aliphatic heterocycles. The number of halogens is 1. The summed E-state index contributed by atoms with van der Waals surface area (Å²) < 4.78 is 39.8. The van der Waals surface area contributed by atoms with Gasteiger partial charge in [-0.25, -0.2) is 12.8 Å². The number of aromatic nitrogens is 2. The molecule has 2 rings (SSSR count). The van der Waals surface area contributed by atoms with Gasteiger partial charge in [0, 0.05) is 12.2 Å². The van der Waals surface area contributed by atoms with E-state index >= 15 is 0 Å². The number of hydrogen-bond acceptors (Lipinski definition) is 4. The zero-order chi connectivity index (χ0) is 15.6. The molecule has 114 valence electrons. The van der Waals surface area contributed by atoms with Gasteiger partial charge in [-0.3, -0.25) is 4.68 Å². The van der Waals surface area contributed by atoms with Crippen molar-refractivity contribution in [1.82, 2.24) is 9.78 Å². The van der Waals surface area contributed by atoms with Crippen LogP contribution in [0.1, 0.15) is 25.2 Å². The minimum atomic E-state index is -3.67. The number of nitrogen functional groups attached to an aromatic ring is 1. The minimum Gasteiger partial charge on any atom is -0.399 e. The normalized spacial score (nSPS) is 11.8. The lowest BCUT2D eigenvalue weighted by atomic mass is 10.3. The molecule has 0 aliphatic carbocycles. The minimum absolute atomic E-state index is 0.0896. The number of nitrogens with two attached hydrogens (primary N) is 1. The molecule has 0 fully saturated rings. The summed E-state index contributed by atoms with van der Waals surface area (Å²) in [6.07, 6.45) is 0.729. The second-order valence-corrected chi connectivity index (χ2v) is 6.77. The number of sulfone groups is 1. The van der Waals surface area contributed by atoms with E-state index in [1.165, 1.54) is 6.07 Å². The predicted molar refractivity (Wildman–Crippen MR) is 79.0 cm³/mol. The van der Waals surface area contributed by atoms with Crippen LogP contribution in [0.3, 0.4) is 0 Å². The molecule has 0 saturated heterocycles. The summed E-state index contributed by atoms with van der Waals surface area (Å²) in [5.41, 5.74) is 7.03. The molecule has 0 bridgehead atoms. The molecule has 0 atom stereocenters. The Morgan fingerprint density at radius 1 is 1.24 bits per heavy atom. The smallest absolute Gasteiger partial charge is 0.184 e. The molecule has 0 radical (unpaired) electrons. The Bertz CT molecular complexity index is 733. The van der Waals surface area contributed by atoms with Crippen LogP contribution in [-0.4, -0.2) is 18.2 Å². The lowest BCUT2D eigenvalue weighted by Gasteiger charge is -2.07. The molecule has 0 aliphatic rings. The highest BCUT2D eigenvalue weighted by atomic mass is 32.2. The van der Waals surface area contributed by atoms with E-state index in [2.05, 4.69) is 5.10 Å². The molecule has 21 heavy (non-hydrogen) atoms. The number of aryl methyl sites for hydroxylation is 2. The third-order valence-electron chi connectivity index (χ3n) is 3.17. The van der Waals surface area contributed by atoms with Gasteiger partial charge in [-0.2, -0.15) is 5.10 Å². The van der Waals surface area contributed by atoms with Crippen molar-refractivity contribution in [3.05, 3.63) is 41.5 Å². The third kappa shape index (κ3) is 3.41. The number of anilines is 1. The monoisotopic (exact) mass is 311 g/mol. The van der Waals surface area contributed by atoms with Crippen LogP contribution in [0.25, 0.3) is 0 Å². The number of benzene rings is 1. The highest BCUT2D eigenvalue weighted by molar-refractivity contribution is 7.90. The molecule has 2 aromatic rings. The van der Waals surface area contributed by atoms with Crippen molar-refractivity contribution in [2.75, 3.05) is 5.73 Å². The van der Waals surface area contributed by atoms with E-state index in [0.29, 0.717) is 12.2 Å². The number of rotatable bonds is 5. The second-order valence-electron chi connectivity index (χ2n) is 4.78. The Labute approximate surface area is 123 Å². The molecule has 0 amide bonds. The van der Waals surface area contributed by atoms with Crippen LogP contribution in [0.15, 0.2) is 29.2 Å². The Kier molecular flexibility index (Phi) is 4.32. The van der Waals surface area contributed by atoms with Crippen molar-refractivity contribution in [3.8, 4) is 0 Å². The second kappa shape index (κ2) is 5.85. The van der Waals surface area contributed by atoms with Crippen LogP contribution < -0.4 is 5.73 Å². The Balaban J connectivity index is 2.39. The van der Waals surface area contributed by atoms with Gasteiger partial charge in [0.25, 0.3) is 0 Å². The molecule has 5 nitrogen and oxygen atoms in total. The average Bonchev–Trinajstić information content (AvgIpc) is 2.79. The van der Waals surface area contributed by atoms with Crippen LogP contribution in [0.4, 0.5) is 10.1 Å². The molecular weight excluding hydrogens is 293 g/mol. The van der Waals surface area contributed by atoms with Gasteiger partial charge in [0.1, 0.15) is 5.82 Å². The maximum atomic E-state index is 13.3. The van der Waals surface area contributed by atoms with Gasteiger partial charge < -0.3 is 5.73 Å². The van der Waals surface area contributed by atoms with E-state index in [1.54, 1.807) is 10.7 Å². The van der Waals surface area contributed by atoms with Gasteiger partial charge in [-0.1, -0.05) is 6.92 Å². The summed E-state index contributed by atoms with van der Waals surface area (Å²) in [5.74, 6) is -0.886. The van der Waals surface area contributed by atoms with Crippen molar-refractivity contribution in [3.63, 3.8) is 0 Å². The van der Waals surface area contributed by atoms with Crippen LogP contribution in [0.2, 0.25) is 0 Å². The number of hydrogen-bond donors (Lipinski definition) is 1. The fraction of sp³-hybridized carbons (Fsp3) is 0.357. The van der Waals surface area contributed by atoms with Gasteiger partial charge in [0.05, 0.1) is 22.0 Å². The lowest BCUT2D eigenvalue weighted by molar-refractivity contribution is 0.581. The van der Waals surface area contributed by atoms with Gasteiger partial charge in [0.2, 0.25) is 0 Å². The molecule has 0 saturated carbocycles. The summed E-state index contributed by atoms with van der Waals surface area (Å²) in [6.45, 7) is 4.42. The molecule has 2 N–H and O–H groups in total. The Morgan fingerprint density at radius 3 is 2.52 bits per heavy atom. The topological polar surface area (TPSA) is 78.0 Å². The van der Waals surface area contributed by atoms with Crippen molar-refractivity contribution in [2.24, 2.45) is 0 Å². The molecule has 1 aromatic heterocycles. The summed E-state index contributed by atoms with van der Waals surface area (Å²) in [7, 11) is -3.67. The largest absolute Gasteiger partial charge is 0.399 e. The summed E-state index contributed by atoms with van der Waals surface area (Å²) in [5, 5.41) is 4.31. The molecule has 0 unspecified atom stereocenters. The van der Waals surface area contributed by atoms with Gasteiger partial charge in [0.15, 0.2) is 9.84 Å². The van der Waals surface area contributed by atoms with E-state index in [4.69, 9.17) is 5.73 Å². The molecule has 0 spiro atoms. The molecule has 1 heterocycles. The van der Waals surface area contributed by atoms with Crippen molar-refractivity contribution >= 4 is 15.5 Å². The summed E-state index contributed by atoms with van der Waals surface area (Å²) in [4.78, 5) is -0.109. The zero-order valence-electron chi connectivity index (χ0n) is 12.0. The lowest BCUT2D eigenvalue weighted by Crippen LogP contribution is -2.11. The first kappa shape index (κ1) is 15.5. The molecule has 7 heteroatoms. The summed E-state index contributed by atoms with van der Waals surface area (Å²) in [6, 6.07) is 5.11. The quantitative estimate of drug-likeness (QED) is 0.858. The van der Waals surface area contributed by atoms with Gasteiger partial charge >= 0.3 is 0 Å². The first-order chi connectivity index (χ1) is 9.85. The average molecular weight is 311 g/mol. The Morgan fingerprint density at radius 2 is 1.95 bits per heavy atom. The maximum absolute atomic E-state index is 13.3. The van der Waals surface area contributed by atoms with Crippen molar-refractivity contribution in [2.45, 2.75) is 37.5 Å². The van der Waals surface area contributed by atoms with E-state index in [9.17, 15) is 12.8 Å². The van der Waals surface area contributed by atoms with Gasteiger partial charge in [-0.05, 0) is 37.6 Å². The molecular formula is C14H18FN3O2S. The Hall–Kier alpha value is -1.89. The fourth-order valence-corrected chi connectivity index (χ4v) is 3.52.